The number of hydrogen-bond donors (Lipinski definition) is 2. The number of amidine groups is 1. The van der Waals surface area contributed by atoms with E-state index in [9.17, 15) is 0 Å². The monoisotopic (exact) mass is 289 g/mol. The minimum absolute atomic E-state index is 0.212. The zero-order valence-corrected chi connectivity index (χ0v) is 14.0. The molecule has 114 valence electrons. The zero-order valence-electron chi connectivity index (χ0n) is 13.1. The molecule has 0 aliphatic rings. The van der Waals surface area contributed by atoms with Gasteiger partial charge in [-0.25, -0.2) is 0 Å². The summed E-state index contributed by atoms with van der Waals surface area (Å²) in [5.41, 5.74) is 5.48. The molecule has 5 heteroatoms. The van der Waals surface area contributed by atoms with E-state index in [2.05, 4.69) is 30.3 Å². The summed E-state index contributed by atoms with van der Waals surface area (Å²) in [7, 11) is 2.21. The van der Waals surface area contributed by atoms with Gasteiger partial charge in [0.2, 0.25) is 0 Å². The molecule has 0 spiro atoms. The highest BCUT2D eigenvalue weighted by molar-refractivity contribution is 7.98. The number of unbranched alkanes of at least 4 members (excludes halogenated alkanes) is 1. The number of hydrogen-bond acceptors (Lipinski definition) is 4. The van der Waals surface area contributed by atoms with E-state index in [1.165, 1.54) is 12.2 Å². The van der Waals surface area contributed by atoms with Gasteiger partial charge in [-0.3, -0.25) is 0 Å². The van der Waals surface area contributed by atoms with E-state index in [-0.39, 0.29) is 5.41 Å². The van der Waals surface area contributed by atoms with Crippen LogP contribution in [-0.2, 0) is 0 Å². The molecule has 0 aromatic carbocycles. The predicted octanol–water partition coefficient (Wildman–Crippen LogP) is 3.00. The Bertz CT molecular complexity index is 269. The lowest BCUT2D eigenvalue weighted by Gasteiger charge is -2.27. The lowest BCUT2D eigenvalue weighted by molar-refractivity contribution is 0.246. The summed E-state index contributed by atoms with van der Waals surface area (Å²) in [6.45, 7) is 7.41. The third kappa shape index (κ3) is 7.06. The van der Waals surface area contributed by atoms with Crippen LogP contribution in [0.25, 0.3) is 0 Å². The Hall–Kier alpha value is -0.420. The first-order valence-electron chi connectivity index (χ1n) is 7.06. The molecule has 0 aromatic rings. The Morgan fingerprint density at radius 2 is 2.05 bits per heavy atom. The van der Waals surface area contributed by atoms with Gasteiger partial charge < -0.3 is 15.8 Å². The fourth-order valence-corrected chi connectivity index (χ4v) is 3.00. The van der Waals surface area contributed by atoms with E-state index in [1.54, 1.807) is 0 Å². The van der Waals surface area contributed by atoms with Crippen molar-refractivity contribution in [3.05, 3.63) is 0 Å². The van der Waals surface area contributed by atoms with E-state index < -0.39 is 0 Å². The molecule has 0 amide bonds. The fraction of sp³-hybridized carbons (Fsp3) is 0.929. The number of thioether (sulfide) groups is 1. The normalized spacial score (nSPS) is 14.9. The summed E-state index contributed by atoms with van der Waals surface area (Å²) in [4.78, 5) is 2.45. The molecule has 0 bridgehead atoms. The highest BCUT2D eigenvalue weighted by Gasteiger charge is 2.23. The molecule has 1 atom stereocenters. The Morgan fingerprint density at radius 3 is 2.53 bits per heavy atom. The van der Waals surface area contributed by atoms with Crippen molar-refractivity contribution >= 4 is 17.6 Å². The molecule has 19 heavy (non-hydrogen) atoms. The topological polar surface area (TPSA) is 61.8 Å². The summed E-state index contributed by atoms with van der Waals surface area (Å²) in [5, 5.41) is 11.9. The van der Waals surface area contributed by atoms with Crippen LogP contribution in [0.3, 0.4) is 0 Å². The van der Waals surface area contributed by atoms with Crippen LogP contribution < -0.4 is 5.73 Å². The van der Waals surface area contributed by atoms with Gasteiger partial charge in [0.1, 0.15) is 5.84 Å². The van der Waals surface area contributed by atoms with Crippen molar-refractivity contribution in [2.45, 2.75) is 52.5 Å². The van der Waals surface area contributed by atoms with Gasteiger partial charge in [-0.05, 0) is 39.1 Å². The van der Waals surface area contributed by atoms with Gasteiger partial charge in [-0.15, -0.1) is 0 Å². The van der Waals surface area contributed by atoms with E-state index in [1.807, 2.05) is 25.6 Å². The van der Waals surface area contributed by atoms with E-state index in [4.69, 9.17) is 10.9 Å². The first-order valence-corrected chi connectivity index (χ1v) is 8.45. The SMILES string of the molecule is CCC(CSC)N(C)CCCCC(C)(C)C(N)=NO. The Balaban J connectivity index is 3.97. The number of oxime groups is 1. The summed E-state index contributed by atoms with van der Waals surface area (Å²) in [6, 6.07) is 0.673. The smallest absolute Gasteiger partial charge is 0.144 e. The lowest BCUT2D eigenvalue weighted by Crippen LogP contribution is -2.34. The van der Waals surface area contributed by atoms with Gasteiger partial charge in [0.25, 0.3) is 0 Å². The first-order chi connectivity index (χ1) is 8.88. The van der Waals surface area contributed by atoms with Gasteiger partial charge in [-0.1, -0.05) is 32.3 Å². The summed E-state index contributed by atoms with van der Waals surface area (Å²) < 4.78 is 0. The fourth-order valence-electron chi connectivity index (χ4n) is 2.12. The maximum atomic E-state index is 8.73. The maximum absolute atomic E-state index is 8.73. The number of nitrogens with two attached hydrogens (primary N) is 1. The summed E-state index contributed by atoms with van der Waals surface area (Å²) >= 11 is 1.91. The van der Waals surface area contributed by atoms with Crippen molar-refractivity contribution in [1.82, 2.24) is 4.90 Å². The molecule has 0 saturated carbocycles. The number of rotatable bonds is 10. The Labute approximate surface area is 122 Å². The molecule has 0 radical (unpaired) electrons. The highest BCUT2D eigenvalue weighted by atomic mass is 32.2. The van der Waals surface area contributed by atoms with E-state index in [0.29, 0.717) is 11.9 Å². The molecule has 0 aliphatic heterocycles. The molecular formula is C14H31N3OS. The van der Waals surface area contributed by atoms with Crippen molar-refractivity contribution in [2.24, 2.45) is 16.3 Å². The van der Waals surface area contributed by atoms with Crippen LogP contribution in [0.4, 0.5) is 0 Å². The van der Waals surface area contributed by atoms with Gasteiger partial charge in [0.05, 0.1) is 0 Å². The zero-order chi connectivity index (χ0) is 14.9. The quantitative estimate of drug-likeness (QED) is 0.213. The predicted molar refractivity (Wildman–Crippen MR) is 86.1 cm³/mol. The molecule has 0 aromatic heterocycles. The van der Waals surface area contributed by atoms with Crippen LogP contribution in [0.5, 0.6) is 0 Å². The minimum atomic E-state index is -0.212. The average molecular weight is 289 g/mol. The number of nitrogens with zero attached hydrogens (tertiary/aromatic N) is 2. The Morgan fingerprint density at radius 1 is 1.42 bits per heavy atom. The van der Waals surface area contributed by atoms with Crippen LogP contribution in [0.2, 0.25) is 0 Å². The first kappa shape index (κ1) is 18.6. The molecule has 4 nitrogen and oxygen atoms in total. The van der Waals surface area contributed by atoms with Crippen molar-refractivity contribution in [1.29, 1.82) is 0 Å². The summed E-state index contributed by atoms with van der Waals surface area (Å²) in [5.74, 6) is 1.53. The van der Waals surface area contributed by atoms with Crippen molar-refractivity contribution in [3.8, 4) is 0 Å². The second kappa shape index (κ2) is 9.48. The molecule has 0 saturated heterocycles. The molecule has 0 heterocycles. The Kier molecular flexibility index (Phi) is 9.27. The van der Waals surface area contributed by atoms with Crippen molar-refractivity contribution in [3.63, 3.8) is 0 Å². The van der Waals surface area contributed by atoms with Crippen LogP contribution in [0.1, 0.15) is 46.5 Å². The van der Waals surface area contributed by atoms with Crippen LogP contribution in [0, 0.1) is 5.41 Å². The van der Waals surface area contributed by atoms with Crippen LogP contribution in [-0.4, -0.2) is 47.6 Å². The molecule has 0 rings (SSSR count). The van der Waals surface area contributed by atoms with Gasteiger partial charge >= 0.3 is 0 Å². The lowest BCUT2D eigenvalue weighted by atomic mass is 9.86. The van der Waals surface area contributed by atoms with Crippen LogP contribution in [0.15, 0.2) is 5.16 Å². The van der Waals surface area contributed by atoms with E-state index >= 15 is 0 Å². The minimum Gasteiger partial charge on any atom is -0.409 e. The molecular weight excluding hydrogens is 258 g/mol. The van der Waals surface area contributed by atoms with Crippen molar-refractivity contribution in [2.75, 3.05) is 25.6 Å². The molecule has 1 unspecified atom stereocenters. The standard InChI is InChI=1S/C14H31N3OS/c1-6-12(11-19-5)17(4)10-8-7-9-14(2,3)13(15)16-18/h12,18H,6-11H2,1-5H3,(H2,15,16). The van der Waals surface area contributed by atoms with Crippen molar-refractivity contribution < 1.29 is 5.21 Å². The largest absolute Gasteiger partial charge is 0.409 e. The van der Waals surface area contributed by atoms with Crippen LogP contribution >= 0.6 is 11.8 Å². The third-order valence-electron chi connectivity index (χ3n) is 3.82. The van der Waals surface area contributed by atoms with Gasteiger partial charge in [0, 0.05) is 17.2 Å². The average Bonchev–Trinajstić information content (AvgIpc) is 2.39. The van der Waals surface area contributed by atoms with E-state index in [0.717, 1.165) is 25.8 Å². The molecule has 0 fully saturated rings. The molecule has 0 aliphatic carbocycles. The third-order valence-corrected chi connectivity index (χ3v) is 4.54. The summed E-state index contributed by atoms with van der Waals surface area (Å²) in [6.07, 6.45) is 6.58. The maximum Gasteiger partial charge on any atom is 0.144 e. The second-order valence-electron chi connectivity index (χ2n) is 5.82. The van der Waals surface area contributed by atoms with Gasteiger partial charge in [-0.2, -0.15) is 11.8 Å². The molecule has 3 N–H and O–H groups in total. The highest BCUT2D eigenvalue weighted by Crippen LogP contribution is 2.23. The second-order valence-corrected chi connectivity index (χ2v) is 6.73. The van der Waals surface area contributed by atoms with Gasteiger partial charge in [0.15, 0.2) is 0 Å².